The van der Waals surface area contributed by atoms with E-state index >= 15 is 0 Å². The van der Waals surface area contributed by atoms with Crippen molar-refractivity contribution >= 4 is 29.2 Å². The second-order valence-electron chi connectivity index (χ2n) is 4.22. The Morgan fingerprint density at radius 1 is 1.10 bits per heavy atom. The zero-order valence-corrected chi connectivity index (χ0v) is 12.1. The first-order chi connectivity index (χ1) is 9.60. The minimum atomic E-state index is -0.370. The zero-order chi connectivity index (χ0) is 14.5. The summed E-state index contributed by atoms with van der Waals surface area (Å²) >= 11 is 1.48. The zero-order valence-electron chi connectivity index (χ0n) is 11.3. The van der Waals surface area contributed by atoms with Crippen LogP contribution in [0, 0.1) is 6.92 Å². The standard InChI is InChI=1S/C16H14O3S/c1-11-3-10-15(20-11)14(17)9-6-12-4-7-13(8-5-12)16(18)19-2/h3-10H,1-2H3/b9-6+. The van der Waals surface area contributed by atoms with E-state index < -0.39 is 0 Å². The number of carbonyl (C=O) groups excluding carboxylic acids is 2. The van der Waals surface area contributed by atoms with Crippen molar-refractivity contribution in [1.29, 1.82) is 0 Å². The van der Waals surface area contributed by atoms with Gasteiger partial charge in [-0.15, -0.1) is 11.3 Å². The van der Waals surface area contributed by atoms with Crippen LogP contribution in [0.15, 0.2) is 42.5 Å². The van der Waals surface area contributed by atoms with E-state index in [1.165, 1.54) is 18.4 Å². The summed E-state index contributed by atoms with van der Waals surface area (Å²) < 4.78 is 4.62. The molecule has 0 N–H and O–H groups in total. The molecule has 0 aliphatic heterocycles. The summed E-state index contributed by atoms with van der Waals surface area (Å²) in [5, 5.41) is 0. The average molecular weight is 286 g/mol. The molecule has 2 rings (SSSR count). The third kappa shape index (κ3) is 3.42. The molecule has 0 amide bonds. The number of allylic oxidation sites excluding steroid dienone is 1. The summed E-state index contributed by atoms with van der Waals surface area (Å²) in [4.78, 5) is 25.0. The van der Waals surface area contributed by atoms with Gasteiger partial charge in [-0.2, -0.15) is 0 Å². The highest BCUT2D eigenvalue weighted by atomic mass is 32.1. The fraction of sp³-hybridized carbons (Fsp3) is 0.125. The third-order valence-electron chi connectivity index (χ3n) is 2.74. The lowest BCUT2D eigenvalue weighted by atomic mass is 10.1. The quantitative estimate of drug-likeness (QED) is 0.488. The molecule has 20 heavy (non-hydrogen) atoms. The number of ketones is 1. The molecule has 0 bridgehead atoms. The fourth-order valence-electron chi connectivity index (χ4n) is 1.67. The number of benzene rings is 1. The number of hydrogen-bond donors (Lipinski definition) is 0. The second kappa shape index (κ2) is 6.30. The first-order valence-corrected chi connectivity index (χ1v) is 6.89. The number of carbonyl (C=O) groups is 2. The molecule has 0 unspecified atom stereocenters. The van der Waals surface area contributed by atoms with Crippen LogP contribution in [0.3, 0.4) is 0 Å². The van der Waals surface area contributed by atoms with Gasteiger partial charge in [0.05, 0.1) is 17.6 Å². The predicted molar refractivity (Wildman–Crippen MR) is 80.2 cm³/mol. The molecular formula is C16H14O3S. The molecule has 0 fully saturated rings. The Kier molecular flexibility index (Phi) is 4.48. The molecule has 0 aliphatic rings. The van der Waals surface area contributed by atoms with Crippen LogP contribution in [0.25, 0.3) is 6.08 Å². The van der Waals surface area contributed by atoms with E-state index in [4.69, 9.17) is 0 Å². The van der Waals surface area contributed by atoms with Gasteiger partial charge < -0.3 is 4.74 Å². The lowest BCUT2D eigenvalue weighted by Crippen LogP contribution is -2.00. The molecule has 3 nitrogen and oxygen atoms in total. The van der Waals surface area contributed by atoms with Crippen LogP contribution in [0.1, 0.15) is 30.5 Å². The Labute approximate surface area is 121 Å². The number of hydrogen-bond acceptors (Lipinski definition) is 4. The smallest absolute Gasteiger partial charge is 0.337 e. The van der Waals surface area contributed by atoms with Crippen molar-refractivity contribution in [3.05, 3.63) is 63.4 Å². The number of methoxy groups -OCH3 is 1. The van der Waals surface area contributed by atoms with E-state index in [9.17, 15) is 9.59 Å². The summed E-state index contributed by atoms with van der Waals surface area (Å²) in [6.45, 7) is 1.97. The first-order valence-electron chi connectivity index (χ1n) is 6.07. The van der Waals surface area contributed by atoms with E-state index in [0.717, 1.165) is 15.3 Å². The van der Waals surface area contributed by atoms with Crippen LogP contribution in [-0.4, -0.2) is 18.9 Å². The van der Waals surface area contributed by atoms with Crippen LogP contribution < -0.4 is 0 Å². The van der Waals surface area contributed by atoms with Gasteiger partial charge in [0, 0.05) is 4.88 Å². The van der Waals surface area contributed by atoms with Crippen molar-refractivity contribution in [2.75, 3.05) is 7.11 Å². The molecule has 0 radical (unpaired) electrons. The molecule has 4 heteroatoms. The summed E-state index contributed by atoms with van der Waals surface area (Å²) in [6.07, 6.45) is 3.27. The third-order valence-corrected chi connectivity index (χ3v) is 3.76. The maximum absolute atomic E-state index is 11.9. The molecule has 0 saturated heterocycles. The molecule has 1 aromatic heterocycles. The van der Waals surface area contributed by atoms with E-state index in [0.29, 0.717) is 5.56 Å². The van der Waals surface area contributed by atoms with Gasteiger partial charge in [-0.25, -0.2) is 4.79 Å². The molecule has 2 aromatic rings. The van der Waals surface area contributed by atoms with Gasteiger partial charge in [0.2, 0.25) is 0 Å². The SMILES string of the molecule is COC(=O)c1ccc(/C=C/C(=O)c2ccc(C)s2)cc1. The van der Waals surface area contributed by atoms with Crippen LogP contribution in [0.2, 0.25) is 0 Å². The fourth-order valence-corrected chi connectivity index (χ4v) is 2.46. The highest BCUT2D eigenvalue weighted by Crippen LogP contribution is 2.16. The minimum Gasteiger partial charge on any atom is -0.465 e. The summed E-state index contributed by atoms with van der Waals surface area (Å²) in [6, 6.07) is 10.6. The largest absolute Gasteiger partial charge is 0.465 e. The molecule has 1 heterocycles. The van der Waals surface area contributed by atoms with Crippen molar-refractivity contribution in [2.45, 2.75) is 6.92 Å². The highest BCUT2D eigenvalue weighted by molar-refractivity contribution is 7.14. The van der Waals surface area contributed by atoms with E-state index in [1.54, 1.807) is 36.4 Å². The normalized spacial score (nSPS) is 10.7. The number of ether oxygens (including phenoxy) is 1. The van der Waals surface area contributed by atoms with Crippen molar-refractivity contribution in [1.82, 2.24) is 0 Å². The van der Waals surface area contributed by atoms with Gasteiger partial charge >= 0.3 is 5.97 Å². The molecule has 1 aromatic carbocycles. The van der Waals surface area contributed by atoms with E-state index in [2.05, 4.69) is 4.74 Å². The Bertz CT molecular complexity index is 651. The van der Waals surface area contributed by atoms with E-state index in [1.807, 2.05) is 19.1 Å². The lowest BCUT2D eigenvalue weighted by molar-refractivity contribution is 0.0600. The Morgan fingerprint density at radius 3 is 2.35 bits per heavy atom. The highest BCUT2D eigenvalue weighted by Gasteiger charge is 2.05. The molecule has 102 valence electrons. The predicted octanol–water partition coefficient (Wildman–Crippen LogP) is 3.74. The first kappa shape index (κ1) is 14.2. The summed E-state index contributed by atoms with van der Waals surface area (Å²) in [7, 11) is 1.35. The Morgan fingerprint density at radius 2 is 1.80 bits per heavy atom. The number of rotatable bonds is 4. The van der Waals surface area contributed by atoms with Crippen molar-refractivity contribution in [2.24, 2.45) is 0 Å². The van der Waals surface area contributed by atoms with E-state index in [-0.39, 0.29) is 11.8 Å². The number of aryl methyl sites for hydroxylation is 1. The second-order valence-corrected chi connectivity index (χ2v) is 5.51. The van der Waals surface area contributed by atoms with Gasteiger partial charge in [0.15, 0.2) is 5.78 Å². The van der Waals surface area contributed by atoms with Crippen molar-refractivity contribution < 1.29 is 14.3 Å². The topological polar surface area (TPSA) is 43.4 Å². The van der Waals surface area contributed by atoms with Crippen LogP contribution >= 0.6 is 11.3 Å². The number of thiophene rings is 1. The monoisotopic (exact) mass is 286 g/mol. The average Bonchev–Trinajstić information content (AvgIpc) is 2.91. The molecule has 0 atom stereocenters. The summed E-state index contributed by atoms with van der Waals surface area (Å²) in [5.74, 6) is -0.384. The van der Waals surface area contributed by atoms with Crippen molar-refractivity contribution in [3.63, 3.8) is 0 Å². The number of esters is 1. The van der Waals surface area contributed by atoms with Crippen LogP contribution in [0.4, 0.5) is 0 Å². The maximum atomic E-state index is 11.9. The summed E-state index contributed by atoms with van der Waals surface area (Å²) in [5.41, 5.74) is 1.35. The lowest BCUT2D eigenvalue weighted by Gasteiger charge is -1.99. The Balaban J connectivity index is 2.08. The van der Waals surface area contributed by atoms with Gasteiger partial charge in [-0.3, -0.25) is 4.79 Å². The molecule has 0 saturated carbocycles. The molecular weight excluding hydrogens is 272 g/mol. The van der Waals surface area contributed by atoms with Crippen LogP contribution in [-0.2, 0) is 4.74 Å². The van der Waals surface area contributed by atoms with Crippen molar-refractivity contribution in [3.8, 4) is 0 Å². The minimum absolute atomic E-state index is 0.0138. The Hall–Kier alpha value is -2.20. The van der Waals surface area contributed by atoms with Crippen LogP contribution in [0.5, 0.6) is 0 Å². The molecule has 0 aliphatic carbocycles. The maximum Gasteiger partial charge on any atom is 0.337 e. The molecule has 0 spiro atoms. The van der Waals surface area contributed by atoms with Gasteiger partial charge in [-0.05, 0) is 42.8 Å². The van der Waals surface area contributed by atoms with Gasteiger partial charge in [0.1, 0.15) is 0 Å². The van der Waals surface area contributed by atoms with Gasteiger partial charge in [0.25, 0.3) is 0 Å². The van der Waals surface area contributed by atoms with Gasteiger partial charge in [-0.1, -0.05) is 18.2 Å².